The number of rotatable bonds is 12. The lowest BCUT2D eigenvalue weighted by Gasteiger charge is -2.27. The number of benzene rings is 1. The van der Waals surface area contributed by atoms with Crippen LogP contribution in [0.15, 0.2) is 30.3 Å². The third kappa shape index (κ3) is 9.17. The van der Waals surface area contributed by atoms with Gasteiger partial charge in [0.05, 0.1) is 6.54 Å². The summed E-state index contributed by atoms with van der Waals surface area (Å²) in [6.45, 7) is 7.05. The van der Waals surface area contributed by atoms with E-state index in [-0.39, 0.29) is 24.8 Å². The number of hydrogen-bond acceptors (Lipinski definition) is 5. The highest BCUT2D eigenvalue weighted by molar-refractivity contribution is 5.93. The Kier molecular flexibility index (Phi) is 10.7. The standard InChI is InChI=1S/C22H34N4O5/c1-13(2)10-16(24-21(29)19(14(3)4)26-18(27)12-23)20(28)25-17(22(30)31)11-15-8-6-5-7-9-15/h5-9,13-14,16-17,19H,10-12,23H2,1-4H3,(H,24,29)(H,25,28)(H,26,27)(H,30,31). The first-order valence-corrected chi connectivity index (χ1v) is 10.4. The first kappa shape index (κ1) is 26.1. The Hall–Kier alpha value is -2.94. The molecule has 0 aliphatic heterocycles. The van der Waals surface area contributed by atoms with Crippen LogP contribution in [-0.2, 0) is 25.6 Å². The molecule has 9 heteroatoms. The van der Waals surface area contributed by atoms with E-state index in [0.29, 0.717) is 6.42 Å². The minimum Gasteiger partial charge on any atom is -0.480 e. The van der Waals surface area contributed by atoms with Crippen LogP contribution in [0, 0.1) is 11.8 Å². The van der Waals surface area contributed by atoms with Crippen molar-refractivity contribution >= 4 is 23.7 Å². The van der Waals surface area contributed by atoms with E-state index in [9.17, 15) is 24.3 Å². The third-order valence-corrected chi connectivity index (χ3v) is 4.69. The molecule has 0 radical (unpaired) electrons. The Morgan fingerprint density at radius 3 is 1.97 bits per heavy atom. The van der Waals surface area contributed by atoms with Gasteiger partial charge in [0.2, 0.25) is 17.7 Å². The van der Waals surface area contributed by atoms with Gasteiger partial charge in [0.1, 0.15) is 18.1 Å². The summed E-state index contributed by atoms with van der Waals surface area (Å²) in [5.41, 5.74) is 6.09. The lowest BCUT2D eigenvalue weighted by atomic mass is 9.99. The van der Waals surface area contributed by atoms with Crippen LogP contribution in [0.5, 0.6) is 0 Å². The lowest BCUT2D eigenvalue weighted by molar-refractivity contribution is -0.142. The summed E-state index contributed by atoms with van der Waals surface area (Å²) in [4.78, 5) is 49.0. The monoisotopic (exact) mass is 434 g/mol. The minimum atomic E-state index is -1.16. The molecule has 3 amide bonds. The molecule has 0 aromatic heterocycles. The number of hydrogen-bond donors (Lipinski definition) is 5. The number of nitrogens with two attached hydrogens (primary N) is 1. The maximum absolute atomic E-state index is 12.9. The number of carboxylic acids is 1. The van der Waals surface area contributed by atoms with Gasteiger partial charge in [0.15, 0.2) is 0 Å². The predicted octanol–water partition coefficient (Wildman–Crippen LogP) is 0.429. The van der Waals surface area contributed by atoms with Crippen LogP contribution in [0.4, 0.5) is 0 Å². The Morgan fingerprint density at radius 2 is 1.48 bits per heavy atom. The molecule has 31 heavy (non-hydrogen) atoms. The largest absolute Gasteiger partial charge is 0.480 e. The zero-order chi connectivity index (χ0) is 23.6. The quantitative estimate of drug-likeness (QED) is 0.322. The summed E-state index contributed by atoms with van der Waals surface area (Å²) in [6, 6.07) is 6.02. The number of carbonyl (C=O) groups excluding carboxylic acids is 3. The Morgan fingerprint density at radius 1 is 0.903 bits per heavy atom. The van der Waals surface area contributed by atoms with Crippen molar-refractivity contribution in [1.29, 1.82) is 0 Å². The van der Waals surface area contributed by atoms with Gasteiger partial charge in [-0.1, -0.05) is 58.0 Å². The van der Waals surface area contributed by atoms with Gasteiger partial charge in [-0.15, -0.1) is 0 Å². The van der Waals surface area contributed by atoms with Crippen molar-refractivity contribution in [2.75, 3.05) is 6.54 Å². The third-order valence-electron chi connectivity index (χ3n) is 4.69. The van der Waals surface area contributed by atoms with Gasteiger partial charge in [-0.05, 0) is 23.8 Å². The van der Waals surface area contributed by atoms with Crippen molar-refractivity contribution in [3.05, 3.63) is 35.9 Å². The fourth-order valence-electron chi connectivity index (χ4n) is 3.05. The van der Waals surface area contributed by atoms with Crippen LogP contribution in [0.1, 0.15) is 39.7 Å². The van der Waals surface area contributed by atoms with Gasteiger partial charge in [0.25, 0.3) is 0 Å². The number of nitrogens with one attached hydrogen (secondary N) is 3. The summed E-state index contributed by atoms with van der Waals surface area (Å²) in [5.74, 6) is -2.92. The van der Waals surface area contributed by atoms with Gasteiger partial charge in [-0.3, -0.25) is 14.4 Å². The summed E-state index contributed by atoms with van der Waals surface area (Å²) < 4.78 is 0. The van der Waals surface area contributed by atoms with Crippen LogP contribution in [0.3, 0.4) is 0 Å². The van der Waals surface area contributed by atoms with Crippen molar-refractivity contribution in [1.82, 2.24) is 16.0 Å². The lowest BCUT2D eigenvalue weighted by Crippen LogP contribution is -2.57. The Balaban J connectivity index is 2.94. The number of carbonyl (C=O) groups is 4. The molecule has 1 rings (SSSR count). The van der Waals surface area contributed by atoms with Gasteiger partial charge < -0.3 is 26.8 Å². The molecule has 9 nitrogen and oxygen atoms in total. The van der Waals surface area contributed by atoms with Crippen LogP contribution in [-0.4, -0.2) is 53.5 Å². The first-order valence-electron chi connectivity index (χ1n) is 10.4. The van der Waals surface area contributed by atoms with E-state index in [0.717, 1.165) is 5.56 Å². The van der Waals surface area contributed by atoms with Crippen LogP contribution in [0.25, 0.3) is 0 Å². The number of aliphatic carboxylic acids is 1. The van der Waals surface area contributed by atoms with E-state index in [2.05, 4.69) is 16.0 Å². The van der Waals surface area contributed by atoms with Gasteiger partial charge in [-0.2, -0.15) is 0 Å². The van der Waals surface area contributed by atoms with Crippen LogP contribution in [0.2, 0.25) is 0 Å². The molecule has 0 saturated heterocycles. The average Bonchev–Trinajstić information content (AvgIpc) is 2.70. The Bertz CT molecular complexity index is 752. The highest BCUT2D eigenvalue weighted by atomic mass is 16.4. The smallest absolute Gasteiger partial charge is 0.326 e. The zero-order valence-corrected chi connectivity index (χ0v) is 18.6. The predicted molar refractivity (Wildman–Crippen MR) is 117 cm³/mol. The molecule has 3 atom stereocenters. The maximum atomic E-state index is 12.9. The second-order valence-electron chi connectivity index (χ2n) is 8.27. The molecular formula is C22H34N4O5. The van der Waals surface area contributed by atoms with Crippen LogP contribution >= 0.6 is 0 Å². The molecule has 6 N–H and O–H groups in total. The van der Waals surface area contributed by atoms with E-state index in [1.807, 2.05) is 19.9 Å². The van der Waals surface area contributed by atoms with E-state index in [1.54, 1.807) is 38.1 Å². The van der Waals surface area contributed by atoms with Crippen molar-refractivity contribution < 1.29 is 24.3 Å². The molecule has 0 saturated carbocycles. The number of carboxylic acid groups (broad SMARTS) is 1. The summed E-state index contributed by atoms with van der Waals surface area (Å²) in [7, 11) is 0. The average molecular weight is 435 g/mol. The highest BCUT2D eigenvalue weighted by Gasteiger charge is 2.31. The molecule has 3 unspecified atom stereocenters. The summed E-state index contributed by atoms with van der Waals surface area (Å²) in [5, 5.41) is 17.3. The topological polar surface area (TPSA) is 151 Å². The fraction of sp³-hybridized carbons (Fsp3) is 0.545. The molecule has 0 aliphatic rings. The van der Waals surface area contributed by atoms with Crippen molar-refractivity contribution in [2.24, 2.45) is 17.6 Å². The van der Waals surface area contributed by atoms with E-state index in [1.165, 1.54) is 0 Å². The minimum absolute atomic E-state index is 0.0598. The number of amides is 3. The molecule has 0 bridgehead atoms. The maximum Gasteiger partial charge on any atom is 0.326 e. The SMILES string of the molecule is CC(C)CC(NC(=O)C(NC(=O)CN)C(C)C)C(=O)NC(Cc1ccccc1)C(=O)O. The molecule has 0 spiro atoms. The molecule has 0 aliphatic carbocycles. The van der Waals surface area contributed by atoms with Crippen LogP contribution < -0.4 is 21.7 Å². The first-order chi connectivity index (χ1) is 14.5. The molecule has 0 heterocycles. The van der Waals surface area contributed by atoms with E-state index >= 15 is 0 Å². The highest BCUT2D eigenvalue weighted by Crippen LogP contribution is 2.10. The molecule has 1 aromatic rings. The van der Waals surface area contributed by atoms with Gasteiger partial charge in [0, 0.05) is 6.42 Å². The van der Waals surface area contributed by atoms with E-state index in [4.69, 9.17) is 5.73 Å². The molecule has 172 valence electrons. The van der Waals surface area contributed by atoms with Gasteiger partial charge in [-0.25, -0.2) is 4.79 Å². The second-order valence-corrected chi connectivity index (χ2v) is 8.27. The zero-order valence-electron chi connectivity index (χ0n) is 18.6. The summed E-state index contributed by atoms with van der Waals surface area (Å²) in [6.07, 6.45) is 0.427. The molecule has 0 fully saturated rings. The van der Waals surface area contributed by atoms with Crippen molar-refractivity contribution in [2.45, 2.75) is 58.7 Å². The van der Waals surface area contributed by atoms with E-state index < -0.39 is 41.8 Å². The fourth-order valence-corrected chi connectivity index (χ4v) is 3.05. The molecular weight excluding hydrogens is 400 g/mol. The summed E-state index contributed by atoms with van der Waals surface area (Å²) >= 11 is 0. The van der Waals surface area contributed by atoms with Crippen molar-refractivity contribution in [3.63, 3.8) is 0 Å². The second kappa shape index (κ2) is 12.7. The normalized spacial score (nSPS) is 13.9. The van der Waals surface area contributed by atoms with Gasteiger partial charge >= 0.3 is 5.97 Å². The molecule has 1 aromatic carbocycles. The van der Waals surface area contributed by atoms with Crippen molar-refractivity contribution in [3.8, 4) is 0 Å². The Labute approximate surface area is 183 Å².